The first-order valence-corrected chi connectivity index (χ1v) is 8.57. The van der Waals surface area contributed by atoms with Crippen LogP contribution in [0.2, 0.25) is 0 Å². The highest BCUT2D eigenvalue weighted by Gasteiger charge is 2.21. The van der Waals surface area contributed by atoms with Gasteiger partial charge in [0.25, 0.3) is 5.78 Å². The van der Waals surface area contributed by atoms with E-state index in [0.717, 1.165) is 17.0 Å². The van der Waals surface area contributed by atoms with E-state index in [-0.39, 0.29) is 29.7 Å². The average Bonchev–Trinajstić information content (AvgIpc) is 2.85. The van der Waals surface area contributed by atoms with Crippen molar-refractivity contribution < 1.29 is 9.59 Å². The molecule has 9 heteroatoms. The van der Waals surface area contributed by atoms with Gasteiger partial charge in [-0.15, -0.1) is 5.10 Å². The van der Waals surface area contributed by atoms with Gasteiger partial charge in [-0.3, -0.25) is 9.59 Å². The van der Waals surface area contributed by atoms with Crippen LogP contribution < -0.4 is 16.4 Å². The topological polar surface area (TPSA) is 127 Å². The van der Waals surface area contributed by atoms with Gasteiger partial charge in [0, 0.05) is 23.3 Å². The molecule has 0 bridgehead atoms. The lowest BCUT2D eigenvalue weighted by Gasteiger charge is -2.23. The molecule has 0 aromatic carbocycles. The predicted octanol–water partition coefficient (Wildman–Crippen LogP) is 0.675. The monoisotopic (exact) mass is 361 g/mol. The van der Waals surface area contributed by atoms with E-state index in [1.165, 1.54) is 0 Å². The first-order chi connectivity index (χ1) is 12.0. The van der Waals surface area contributed by atoms with Crippen LogP contribution in [0.3, 0.4) is 0 Å². The maximum Gasteiger partial charge on any atom is 0.254 e. The predicted molar refractivity (Wildman–Crippen MR) is 98.5 cm³/mol. The Balaban J connectivity index is 2.01. The zero-order chi connectivity index (χ0) is 19.6. The van der Waals surface area contributed by atoms with Crippen LogP contribution >= 0.6 is 0 Å². The van der Waals surface area contributed by atoms with Crippen molar-refractivity contribution in [2.75, 3.05) is 5.73 Å². The lowest BCUT2D eigenvalue weighted by molar-refractivity contribution is -0.129. The van der Waals surface area contributed by atoms with Crippen LogP contribution in [0.1, 0.15) is 51.1 Å². The molecule has 0 saturated carbocycles. The number of hydrogen-bond donors (Lipinski definition) is 3. The van der Waals surface area contributed by atoms with Crippen LogP contribution in [0.5, 0.6) is 0 Å². The number of fused-ring (bicyclic) bond motifs is 1. The molecule has 4 N–H and O–H groups in total. The third-order valence-corrected chi connectivity index (χ3v) is 3.94. The van der Waals surface area contributed by atoms with Crippen molar-refractivity contribution in [2.45, 2.75) is 66.0 Å². The van der Waals surface area contributed by atoms with E-state index in [1.54, 1.807) is 11.4 Å². The van der Waals surface area contributed by atoms with E-state index < -0.39 is 6.04 Å². The Hall–Kier alpha value is -2.71. The summed E-state index contributed by atoms with van der Waals surface area (Å²) < 4.78 is 1.58. The molecule has 2 amide bonds. The second-order valence-corrected chi connectivity index (χ2v) is 7.47. The first-order valence-electron chi connectivity index (χ1n) is 8.57. The molecule has 26 heavy (non-hydrogen) atoms. The maximum absolute atomic E-state index is 12.2. The number of aromatic nitrogens is 4. The average molecular weight is 361 g/mol. The molecule has 0 radical (unpaired) electrons. The normalized spacial score (nSPS) is 12.8. The van der Waals surface area contributed by atoms with Crippen molar-refractivity contribution in [2.24, 2.45) is 0 Å². The molecule has 1 unspecified atom stereocenters. The van der Waals surface area contributed by atoms with Crippen LogP contribution in [0.15, 0.2) is 0 Å². The van der Waals surface area contributed by atoms with Gasteiger partial charge in [-0.05, 0) is 53.5 Å². The summed E-state index contributed by atoms with van der Waals surface area (Å²) in [5.41, 5.74) is 7.84. The summed E-state index contributed by atoms with van der Waals surface area (Å²) in [6.07, 6.45) is 0.728. The van der Waals surface area contributed by atoms with Gasteiger partial charge in [0.2, 0.25) is 17.8 Å². The molecule has 0 aliphatic rings. The number of rotatable bonds is 5. The fraction of sp³-hybridized carbons (Fsp3) is 0.588. The summed E-state index contributed by atoms with van der Waals surface area (Å²) in [6.45, 7) is 11.1. The van der Waals surface area contributed by atoms with Gasteiger partial charge in [-0.25, -0.2) is 4.98 Å². The molecule has 2 aromatic heterocycles. The highest BCUT2D eigenvalue weighted by Crippen LogP contribution is 2.16. The number of carbonyl (C=O) groups excluding carboxylic acids is 2. The molecule has 0 spiro atoms. The Morgan fingerprint density at radius 1 is 1.23 bits per heavy atom. The van der Waals surface area contributed by atoms with Gasteiger partial charge in [0.15, 0.2) is 0 Å². The number of anilines is 1. The second kappa shape index (κ2) is 7.27. The highest BCUT2D eigenvalue weighted by molar-refractivity contribution is 5.87. The van der Waals surface area contributed by atoms with E-state index in [4.69, 9.17) is 5.73 Å². The third kappa shape index (κ3) is 4.68. The van der Waals surface area contributed by atoms with E-state index in [2.05, 4.69) is 25.7 Å². The zero-order valence-electron chi connectivity index (χ0n) is 16.2. The Kier molecular flexibility index (Phi) is 5.48. The van der Waals surface area contributed by atoms with Gasteiger partial charge in [-0.1, -0.05) is 0 Å². The molecule has 9 nitrogen and oxygen atoms in total. The smallest absolute Gasteiger partial charge is 0.254 e. The van der Waals surface area contributed by atoms with Crippen LogP contribution in [0.4, 0.5) is 5.95 Å². The molecule has 142 valence electrons. The number of aryl methyl sites for hydroxylation is 2. The van der Waals surface area contributed by atoms with Crippen LogP contribution in [-0.2, 0) is 16.0 Å². The Labute approximate surface area is 152 Å². The van der Waals surface area contributed by atoms with E-state index in [1.807, 2.05) is 34.6 Å². The summed E-state index contributed by atoms with van der Waals surface area (Å²) in [5.74, 6) is 0.199. The Morgan fingerprint density at radius 2 is 1.88 bits per heavy atom. The molecule has 0 fully saturated rings. The molecule has 2 aromatic rings. The Morgan fingerprint density at radius 3 is 2.50 bits per heavy atom. The number of hydrogen-bond acceptors (Lipinski definition) is 6. The van der Waals surface area contributed by atoms with Gasteiger partial charge < -0.3 is 16.4 Å². The fourth-order valence-corrected chi connectivity index (χ4v) is 2.68. The molecule has 0 aliphatic heterocycles. The third-order valence-electron chi connectivity index (χ3n) is 3.94. The Bertz CT molecular complexity index is 836. The number of nitrogens with one attached hydrogen (secondary N) is 2. The van der Waals surface area contributed by atoms with E-state index in [0.29, 0.717) is 12.2 Å². The molecule has 2 rings (SSSR count). The van der Waals surface area contributed by atoms with Crippen molar-refractivity contribution >= 4 is 23.5 Å². The van der Waals surface area contributed by atoms with Crippen LogP contribution in [0, 0.1) is 13.8 Å². The molecular weight excluding hydrogens is 334 g/mol. The lowest BCUT2D eigenvalue weighted by atomic mass is 10.1. The molecule has 2 heterocycles. The van der Waals surface area contributed by atoms with Gasteiger partial charge >= 0.3 is 0 Å². The molecule has 0 aliphatic carbocycles. The minimum absolute atomic E-state index is 0.161. The standard InChI is InChI=1S/C17H27N7O2/c1-9-12(11(3)24-16(20-9)21-15(18)23-24)7-8-13(25)19-10(2)14(26)22-17(4,5)6/h10H,7-8H2,1-6H3,(H2,18,23)(H,19,25)(H,22,26). The van der Waals surface area contributed by atoms with Gasteiger partial charge in [0.1, 0.15) is 6.04 Å². The van der Waals surface area contributed by atoms with Crippen LogP contribution in [0.25, 0.3) is 5.78 Å². The van der Waals surface area contributed by atoms with Gasteiger partial charge in [-0.2, -0.15) is 9.50 Å². The summed E-state index contributed by atoms with van der Waals surface area (Å²) >= 11 is 0. The lowest BCUT2D eigenvalue weighted by Crippen LogP contribution is -2.50. The minimum atomic E-state index is -0.598. The zero-order valence-corrected chi connectivity index (χ0v) is 16.2. The molecule has 1 atom stereocenters. The van der Waals surface area contributed by atoms with Crippen molar-refractivity contribution in [3.63, 3.8) is 0 Å². The maximum atomic E-state index is 12.2. The van der Waals surface area contributed by atoms with E-state index >= 15 is 0 Å². The summed E-state index contributed by atoms with van der Waals surface area (Å²) in [5, 5.41) is 9.69. The molecular formula is C17H27N7O2. The second-order valence-electron chi connectivity index (χ2n) is 7.47. The molecule has 0 saturated heterocycles. The van der Waals surface area contributed by atoms with Crippen molar-refractivity contribution in [1.29, 1.82) is 0 Å². The largest absolute Gasteiger partial charge is 0.366 e. The van der Waals surface area contributed by atoms with Gasteiger partial charge in [0.05, 0.1) is 0 Å². The summed E-state index contributed by atoms with van der Waals surface area (Å²) in [7, 11) is 0. The summed E-state index contributed by atoms with van der Waals surface area (Å²) in [6, 6.07) is -0.598. The first kappa shape index (κ1) is 19.6. The fourth-order valence-electron chi connectivity index (χ4n) is 2.68. The number of nitrogen functional groups attached to an aromatic ring is 1. The summed E-state index contributed by atoms with van der Waals surface area (Å²) in [4.78, 5) is 32.7. The highest BCUT2D eigenvalue weighted by atomic mass is 16.2. The number of carbonyl (C=O) groups is 2. The van der Waals surface area contributed by atoms with Crippen molar-refractivity contribution in [3.8, 4) is 0 Å². The SMILES string of the molecule is Cc1nc2nc(N)nn2c(C)c1CCC(=O)NC(C)C(=O)NC(C)(C)C. The number of amides is 2. The van der Waals surface area contributed by atoms with Crippen molar-refractivity contribution in [3.05, 3.63) is 17.0 Å². The minimum Gasteiger partial charge on any atom is -0.366 e. The van der Waals surface area contributed by atoms with Crippen LogP contribution in [-0.4, -0.2) is 43.0 Å². The number of nitrogens with zero attached hydrogens (tertiary/aromatic N) is 4. The van der Waals surface area contributed by atoms with E-state index in [9.17, 15) is 9.59 Å². The quantitative estimate of drug-likeness (QED) is 0.718. The van der Waals surface area contributed by atoms with Crippen molar-refractivity contribution in [1.82, 2.24) is 30.2 Å². The number of nitrogens with two attached hydrogens (primary N) is 1.